The van der Waals surface area contributed by atoms with Gasteiger partial charge in [0.2, 0.25) is 0 Å². The number of hydrogen-bond acceptors (Lipinski definition) is 8. The van der Waals surface area contributed by atoms with Crippen LogP contribution in [0, 0.1) is 11.3 Å². The van der Waals surface area contributed by atoms with Crippen LogP contribution in [0.15, 0.2) is 61.3 Å². The molecule has 0 aliphatic carbocycles. The Labute approximate surface area is 231 Å². The molecule has 0 saturated carbocycles. The van der Waals surface area contributed by atoms with Crippen LogP contribution in [0.1, 0.15) is 24.0 Å². The van der Waals surface area contributed by atoms with Crippen LogP contribution in [0.5, 0.6) is 0 Å². The van der Waals surface area contributed by atoms with E-state index in [-0.39, 0.29) is 6.10 Å². The highest BCUT2D eigenvalue weighted by Gasteiger charge is 2.44. The number of nitrogens with one attached hydrogen (secondary N) is 1. The predicted octanol–water partition coefficient (Wildman–Crippen LogP) is 3.18. The van der Waals surface area contributed by atoms with Crippen molar-refractivity contribution in [3.05, 3.63) is 72.4 Å². The van der Waals surface area contributed by atoms with Gasteiger partial charge < -0.3 is 19.9 Å². The van der Waals surface area contributed by atoms with Crippen molar-refractivity contribution in [3.8, 4) is 17.2 Å². The minimum absolute atomic E-state index is 0.321. The van der Waals surface area contributed by atoms with Gasteiger partial charge >= 0.3 is 0 Å². The molecular formula is C30H29N9O. The highest BCUT2D eigenvalue weighted by Crippen LogP contribution is 2.37. The molecule has 3 atom stereocenters. The quantitative estimate of drug-likeness (QED) is 0.356. The van der Waals surface area contributed by atoms with Crippen LogP contribution in [0.2, 0.25) is 0 Å². The number of nitriles is 1. The first kappa shape index (κ1) is 23.4. The third-order valence-corrected chi connectivity index (χ3v) is 8.80. The first-order chi connectivity index (χ1) is 19.6. The molecule has 5 aromatic rings. The van der Waals surface area contributed by atoms with E-state index in [0.29, 0.717) is 24.2 Å². The first-order valence-electron chi connectivity index (χ1n) is 13.9. The molecule has 40 heavy (non-hydrogen) atoms. The molecule has 0 radical (unpaired) electrons. The van der Waals surface area contributed by atoms with Crippen LogP contribution in [-0.4, -0.2) is 78.9 Å². The minimum atomic E-state index is -0.321. The lowest BCUT2D eigenvalue weighted by Gasteiger charge is -2.56. The Morgan fingerprint density at radius 1 is 1.02 bits per heavy atom. The number of pyridine rings is 3. The molecule has 2 unspecified atom stereocenters. The van der Waals surface area contributed by atoms with Crippen molar-refractivity contribution in [2.24, 2.45) is 0 Å². The molecule has 4 aliphatic rings. The Kier molecular flexibility index (Phi) is 5.30. The summed E-state index contributed by atoms with van der Waals surface area (Å²) in [4.78, 5) is 19.8. The van der Waals surface area contributed by atoms with E-state index in [9.17, 15) is 10.4 Å². The van der Waals surface area contributed by atoms with Crippen molar-refractivity contribution in [2.75, 3.05) is 36.0 Å². The summed E-state index contributed by atoms with van der Waals surface area (Å²) < 4.78 is 1.78. The van der Waals surface area contributed by atoms with Crippen LogP contribution in [0.25, 0.3) is 27.7 Å². The lowest BCUT2D eigenvalue weighted by Crippen LogP contribution is -2.68. The molecule has 4 saturated heterocycles. The summed E-state index contributed by atoms with van der Waals surface area (Å²) in [6.45, 7) is 4.24. The summed E-state index contributed by atoms with van der Waals surface area (Å²) in [5, 5.41) is 25.4. The van der Waals surface area contributed by atoms with Gasteiger partial charge in [0.05, 0.1) is 35.3 Å². The Hall–Kier alpha value is -4.46. The Morgan fingerprint density at radius 2 is 1.93 bits per heavy atom. The molecule has 9 heterocycles. The number of anilines is 2. The number of rotatable bonds is 5. The second kappa shape index (κ2) is 9.05. The van der Waals surface area contributed by atoms with Crippen molar-refractivity contribution < 1.29 is 5.11 Å². The van der Waals surface area contributed by atoms with Gasteiger partial charge in [0.25, 0.3) is 0 Å². The number of fused-ring (bicyclic) bond motifs is 4. The molecule has 4 fully saturated rings. The van der Waals surface area contributed by atoms with Gasteiger partial charge in [-0.3, -0.25) is 4.90 Å². The Balaban J connectivity index is 1.03. The van der Waals surface area contributed by atoms with E-state index < -0.39 is 0 Å². The summed E-state index contributed by atoms with van der Waals surface area (Å²) in [5.74, 6) is 0.984. The molecule has 9 rings (SSSR count). The van der Waals surface area contributed by atoms with Gasteiger partial charge in [0, 0.05) is 79.9 Å². The number of aromatic nitrogens is 5. The van der Waals surface area contributed by atoms with Crippen molar-refractivity contribution >= 4 is 28.1 Å². The minimum Gasteiger partial charge on any atom is -0.391 e. The molecule has 200 valence electrons. The highest BCUT2D eigenvalue weighted by molar-refractivity contribution is 5.86. The number of H-pyrrole nitrogens is 1. The van der Waals surface area contributed by atoms with Crippen molar-refractivity contribution in [3.63, 3.8) is 0 Å². The molecule has 0 spiro atoms. The summed E-state index contributed by atoms with van der Waals surface area (Å²) in [6.07, 6.45) is 11.0. The van der Waals surface area contributed by atoms with Crippen molar-refractivity contribution in [1.29, 1.82) is 5.26 Å². The van der Waals surface area contributed by atoms with E-state index in [1.165, 1.54) is 12.0 Å². The SMILES string of the molecule is N#Cc1cnn2cc(N3CC[C@H](O)C3)cc(-c3ccc(N4CC5CC(C4)N5Cc4cnc5[nH]ccc5c4)nc3)c12. The van der Waals surface area contributed by atoms with Gasteiger partial charge in [-0.25, -0.2) is 14.5 Å². The number of nitrogens with zero attached hydrogens (tertiary/aromatic N) is 8. The molecule has 2 N–H and O–H groups in total. The van der Waals surface area contributed by atoms with Crippen LogP contribution in [0.3, 0.4) is 0 Å². The molecule has 4 aliphatic heterocycles. The molecule has 2 bridgehead atoms. The number of piperidine rings is 1. The molecule has 0 aromatic carbocycles. The van der Waals surface area contributed by atoms with Crippen LogP contribution in [0.4, 0.5) is 11.5 Å². The molecule has 0 amide bonds. The maximum atomic E-state index is 10.1. The normalized spacial score (nSPS) is 22.6. The summed E-state index contributed by atoms with van der Waals surface area (Å²) >= 11 is 0. The van der Waals surface area contributed by atoms with E-state index in [0.717, 1.165) is 71.8 Å². The standard InChI is InChI=1S/C30H29N9O/c31-10-22-13-35-39-17-23(36-6-4-26(40)18-36)9-27(29(22)39)21-1-2-28(33-12-21)37-15-24-8-25(16-37)38(24)14-19-7-20-3-5-32-30(20)34-11-19/h1-3,5,7,9,11-13,17,24-26,40H,4,6,8,14-16,18H2,(H,32,34)/t24?,25?,26-/m0/s1. The summed E-state index contributed by atoms with van der Waals surface area (Å²) in [7, 11) is 0. The number of aliphatic hydroxyl groups is 1. The second-order valence-corrected chi connectivity index (χ2v) is 11.2. The van der Waals surface area contributed by atoms with E-state index in [4.69, 9.17) is 4.98 Å². The number of aromatic amines is 1. The van der Waals surface area contributed by atoms with Crippen LogP contribution in [-0.2, 0) is 6.54 Å². The van der Waals surface area contributed by atoms with E-state index in [1.54, 1.807) is 10.7 Å². The zero-order valence-corrected chi connectivity index (χ0v) is 22.0. The zero-order valence-electron chi connectivity index (χ0n) is 22.0. The maximum absolute atomic E-state index is 10.1. The number of hydrogen-bond donors (Lipinski definition) is 2. The molecule has 10 nitrogen and oxygen atoms in total. The topological polar surface area (TPSA) is 113 Å². The highest BCUT2D eigenvalue weighted by atomic mass is 16.3. The van der Waals surface area contributed by atoms with Gasteiger partial charge in [0.15, 0.2) is 0 Å². The fraction of sp³-hybridized carbons (Fsp3) is 0.333. The van der Waals surface area contributed by atoms with Gasteiger partial charge in [0.1, 0.15) is 17.5 Å². The van der Waals surface area contributed by atoms with Crippen molar-refractivity contribution in [2.45, 2.75) is 37.6 Å². The first-order valence-corrected chi connectivity index (χ1v) is 13.9. The number of β-amino-alcohol motifs (C(OH)–C–C–N with tert-alkyl or cyclic N) is 1. The lowest BCUT2D eigenvalue weighted by atomic mass is 9.87. The second-order valence-electron chi connectivity index (χ2n) is 11.2. The van der Waals surface area contributed by atoms with E-state index in [1.807, 2.05) is 24.8 Å². The smallest absolute Gasteiger partial charge is 0.137 e. The number of piperazine rings is 1. The molecular weight excluding hydrogens is 502 g/mol. The lowest BCUT2D eigenvalue weighted by molar-refractivity contribution is -0.00871. The van der Waals surface area contributed by atoms with Crippen LogP contribution < -0.4 is 9.80 Å². The number of aliphatic hydroxyl groups excluding tert-OH is 1. The van der Waals surface area contributed by atoms with Gasteiger partial charge in [-0.05, 0) is 48.7 Å². The Morgan fingerprint density at radius 3 is 2.70 bits per heavy atom. The van der Waals surface area contributed by atoms with Crippen molar-refractivity contribution in [1.82, 2.24) is 29.5 Å². The molecule has 10 heteroatoms. The average molecular weight is 532 g/mol. The zero-order chi connectivity index (χ0) is 26.8. The van der Waals surface area contributed by atoms with Gasteiger partial charge in [-0.15, -0.1) is 0 Å². The predicted molar refractivity (Wildman–Crippen MR) is 152 cm³/mol. The average Bonchev–Trinajstić information content (AvgIpc) is 3.75. The monoisotopic (exact) mass is 531 g/mol. The fourth-order valence-electron chi connectivity index (χ4n) is 6.71. The largest absolute Gasteiger partial charge is 0.391 e. The summed E-state index contributed by atoms with van der Waals surface area (Å²) in [5.41, 5.74) is 6.37. The fourth-order valence-corrected chi connectivity index (χ4v) is 6.71. The molecule has 5 aromatic heterocycles. The van der Waals surface area contributed by atoms with Gasteiger partial charge in [-0.2, -0.15) is 10.4 Å². The third kappa shape index (κ3) is 3.81. The van der Waals surface area contributed by atoms with E-state index >= 15 is 0 Å². The van der Waals surface area contributed by atoms with Gasteiger partial charge in [-0.1, -0.05) is 0 Å². The van der Waals surface area contributed by atoms with Crippen LogP contribution >= 0.6 is 0 Å². The summed E-state index contributed by atoms with van der Waals surface area (Å²) in [6, 6.07) is 13.9. The van der Waals surface area contributed by atoms with E-state index in [2.05, 4.69) is 66.2 Å². The third-order valence-electron chi connectivity index (χ3n) is 8.80. The maximum Gasteiger partial charge on any atom is 0.137 e. The Bertz CT molecular complexity index is 1760.